The largest absolute Gasteiger partial charge is 0.453 e. The van der Waals surface area contributed by atoms with E-state index in [1.165, 1.54) is 6.21 Å². The molecule has 0 aromatic carbocycles. The van der Waals surface area contributed by atoms with Crippen molar-refractivity contribution in [3.05, 3.63) is 30.3 Å². The third-order valence-corrected chi connectivity index (χ3v) is 1.53. The van der Waals surface area contributed by atoms with Gasteiger partial charge in [-0.05, 0) is 12.1 Å². The fourth-order valence-corrected chi connectivity index (χ4v) is 1.03. The van der Waals surface area contributed by atoms with Gasteiger partial charge in [0.15, 0.2) is 5.58 Å². The first-order valence-electron chi connectivity index (χ1n) is 3.41. The number of nitrogens with zero attached hydrogens (tertiary/aromatic N) is 2. The lowest BCUT2D eigenvalue weighted by Gasteiger charge is -1.81. The van der Waals surface area contributed by atoms with Crippen LogP contribution in [-0.4, -0.2) is 16.4 Å². The molecule has 0 amide bonds. The van der Waals surface area contributed by atoms with Crippen molar-refractivity contribution < 1.29 is 9.62 Å². The first-order chi connectivity index (χ1) is 5.90. The minimum Gasteiger partial charge on any atom is -0.453 e. The van der Waals surface area contributed by atoms with E-state index in [-0.39, 0.29) is 0 Å². The van der Waals surface area contributed by atoms with Gasteiger partial charge in [-0.25, -0.2) is 0 Å². The highest BCUT2D eigenvalue weighted by Crippen LogP contribution is 2.15. The normalized spacial score (nSPS) is 11.3. The van der Waals surface area contributed by atoms with E-state index in [0.717, 1.165) is 5.39 Å². The molecule has 2 rings (SSSR count). The molecule has 0 atom stereocenters. The lowest BCUT2D eigenvalue weighted by atomic mass is 10.3. The molecule has 0 aliphatic heterocycles. The standard InChI is InChI=1S/C8H6N2O2/c11-10-4-7-3-6-1-2-9-5-8(6)12-7/h1-5,11H/b10-4+. The molecule has 4 heteroatoms. The van der Waals surface area contributed by atoms with Crippen LogP contribution in [0.25, 0.3) is 11.0 Å². The van der Waals surface area contributed by atoms with Crippen molar-refractivity contribution in [2.24, 2.45) is 5.16 Å². The quantitative estimate of drug-likeness (QED) is 0.394. The third-order valence-electron chi connectivity index (χ3n) is 1.53. The Hall–Kier alpha value is -1.84. The highest BCUT2D eigenvalue weighted by atomic mass is 16.4. The molecule has 0 bridgehead atoms. The molecular weight excluding hydrogens is 156 g/mol. The van der Waals surface area contributed by atoms with Crippen LogP contribution in [0.1, 0.15) is 5.76 Å². The van der Waals surface area contributed by atoms with E-state index in [0.29, 0.717) is 11.3 Å². The fraction of sp³-hybridized carbons (Fsp3) is 0. The smallest absolute Gasteiger partial charge is 0.153 e. The maximum atomic E-state index is 8.24. The van der Waals surface area contributed by atoms with Gasteiger partial charge in [0.1, 0.15) is 12.0 Å². The van der Waals surface area contributed by atoms with Gasteiger partial charge >= 0.3 is 0 Å². The molecule has 2 heterocycles. The van der Waals surface area contributed by atoms with Gasteiger partial charge in [-0.1, -0.05) is 5.16 Å². The molecule has 12 heavy (non-hydrogen) atoms. The molecule has 0 aliphatic rings. The number of oxime groups is 1. The van der Waals surface area contributed by atoms with E-state index >= 15 is 0 Å². The summed E-state index contributed by atoms with van der Waals surface area (Å²) in [6.45, 7) is 0. The maximum Gasteiger partial charge on any atom is 0.153 e. The zero-order valence-corrected chi connectivity index (χ0v) is 6.14. The number of fused-ring (bicyclic) bond motifs is 1. The van der Waals surface area contributed by atoms with Crippen molar-refractivity contribution in [1.29, 1.82) is 0 Å². The highest BCUT2D eigenvalue weighted by molar-refractivity contribution is 5.85. The number of pyridine rings is 1. The van der Waals surface area contributed by atoms with Crippen LogP contribution in [0.15, 0.2) is 34.1 Å². The molecule has 0 unspecified atom stereocenters. The molecule has 0 saturated carbocycles. The van der Waals surface area contributed by atoms with Crippen LogP contribution in [0.4, 0.5) is 0 Å². The topological polar surface area (TPSA) is 58.6 Å². The van der Waals surface area contributed by atoms with Gasteiger partial charge in [0.05, 0.1) is 6.20 Å². The van der Waals surface area contributed by atoms with Crippen LogP contribution in [0, 0.1) is 0 Å². The van der Waals surface area contributed by atoms with Crippen molar-refractivity contribution >= 4 is 17.2 Å². The number of furan rings is 1. The summed E-state index contributed by atoms with van der Waals surface area (Å²) < 4.78 is 5.24. The van der Waals surface area contributed by atoms with Crippen molar-refractivity contribution in [1.82, 2.24) is 4.98 Å². The van der Waals surface area contributed by atoms with E-state index in [9.17, 15) is 0 Å². The maximum absolute atomic E-state index is 8.24. The second-order valence-corrected chi connectivity index (χ2v) is 2.31. The molecule has 2 aromatic heterocycles. The Morgan fingerprint density at radius 1 is 1.58 bits per heavy atom. The predicted octanol–water partition coefficient (Wildman–Crippen LogP) is 1.64. The van der Waals surface area contributed by atoms with Gasteiger partial charge in [0.2, 0.25) is 0 Å². The Bertz CT molecular complexity index is 387. The Morgan fingerprint density at radius 2 is 2.50 bits per heavy atom. The van der Waals surface area contributed by atoms with Crippen molar-refractivity contribution in [3.63, 3.8) is 0 Å². The minimum atomic E-state index is 0.514. The monoisotopic (exact) mass is 162 g/mol. The van der Waals surface area contributed by atoms with E-state index in [4.69, 9.17) is 9.62 Å². The van der Waals surface area contributed by atoms with Crippen LogP contribution < -0.4 is 0 Å². The zero-order valence-electron chi connectivity index (χ0n) is 6.14. The average molecular weight is 162 g/mol. The summed E-state index contributed by atoms with van der Waals surface area (Å²) in [6, 6.07) is 3.60. The number of hydrogen-bond acceptors (Lipinski definition) is 4. The predicted molar refractivity (Wildman–Crippen MR) is 43.4 cm³/mol. The van der Waals surface area contributed by atoms with E-state index in [1.54, 1.807) is 18.5 Å². The average Bonchev–Trinajstić information content (AvgIpc) is 2.47. The summed E-state index contributed by atoms with van der Waals surface area (Å²) in [4.78, 5) is 3.89. The summed E-state index contributed by atoms with van der Waals surface area (Å²) in [6.07, 6.45) is 4.53. The SMILES string of the molecule is O/N=C/c1cc2ccncc2o1. The molecule has 2 aromatic rings. The Balaban J connectivity index is 2.62. The lowest BCUT2D eigenvalue weighted by Crippen LogP contribution is -1.70. The summed E-state index contributed by atoms with van der Waals surface area (Å²) in [7, 11) is 0. The van der Waals surface area contributed by atoms with Crippen LogP contribution >= 0.6 is 0 Å². The molecule has 0 radical (unpaired) electrons. The van der Waals surface area contributed by atoms with Crippen LogP contribution in [-0.2, 0) is 0 Å². The van der Waals surface area contributed by atoms with Crippen LogP contribution in [0.2, 0.25) is 0 Å². The van der Waals surface area contributed by atoms with Crippen molar-refractivity contribution in [2.75, 3.05) is 0 Å². The van der Waals surface area contributed by atoms with Gasteiger partial charge in [-0.15, -0.1) is 0 Å². The van der Waals surface area contributed by atoms with Gasteiger partial charge < -0.3 is 9.62 Å². The summed E-state index contributed by atoms with van der Waals surface area (Å²) in [5.74, 6) is 0.514. The van der Waals surface area contributed by atoms with Gasteiger partial charge in [0.25, 0.3) is 0 Å². The molecule has 0 spiro atoms. The summed E-state index contributed by atoms with van der Waals surface area (Å²) in [5, 5.41) is 12.0. The van der Waals surface area contributed by atoms with Crippen LogP contribution in [0.5, 0.6) is 0 Å². The second-order valence-electron chi connectivity index (χ2n) is 2.31. The molecule has 1 N–H and O–H groups in total. The fourth-order valence-electron chi connectivity index (χ4n) is 1.03. The molecule has 60 valence electrons. The van der Waals surface area contributed by atoms with Gasteiger partial charge in [-0.2, -0.15) is 0 Å². The Morgan fingerprint density at radius 3 is 3.25 bits per heavy atom. The highest BCUT2D eigenvalue weighted by Gasteiger charge is 1.99. The lowest BCUT2D eigenvalue weighted by molar-refractivity contribution is 0.321. The molecular formula is C8H6N2O2. The van der Waals surface area contributed by atoms with Crippen LogP contribution in [0.3, 0.4) is 0 Å². The van der Waals surface area contributed by atoms with Crippen molar-refractivity contribution in [3.8, 4) is 0 Å². The first-order valence-corrected chi connectivity index (χ1v) is 3.41. The van der Waals surface area contributed by atoms with Gasteiger partial charge in [-0.3, -0.25) is 4.98 Å². The molecule has 0 fully saturated rings. The Labute approximate surface area is 68.1 Å². The molecule has 0 aliphatic carbocycles. The summed E-state index contributed by atoms with van der Waals surface area (Å²) >= 11 is 0. The zero-order chi connectivity index (χ0) is 8.39. The number of aromatic nitrogens is 1. The van der Waals surface area contributed by atoms with Gasteiger partial charge in [0, 0.05) is 11.6 Å². The number of rotatable bonds is 1. The second kappa shape index (κ2) is 2.65. The summed E-state index contributed by atoms with van der Waals surface area (Å²) in [5.41, 5.74) is 0.687. The third kappa shape index (κ3) is 1.03. The molecule has 4 nitrogen and oxygen atoms in total. The molecule has 0 saturated heterocycles. The Kier molecular flexibility index (Phi) is 1.51. The van der Waals surface area contributed by atoms with E-state index < -0.39 is 0 Å². The van der Waals surface area contributed by atoms with E-state index in [1.807, 2.05) is 6.07 Å². The number of hydrogen-bond donors (Lipinski definition) is 1. The minimum absolute atomic E-state index is 0.514. The first kappa shape index (κ1) is 6.84. The van der Waals surface area contributed by atoms with Crippen molar-refractivity contribution in [2.45, 2.75) is 0 Å². The van der Waals surface area contributed by atoms with E-state index in [2.05, 4.69) is 10.1 Å².